The van der Waals surface area contributed by atoms with Crippen LogP contribution in [0.1, 0.15) is 31.4 Å². The Kier molecular flexibility index (Phi) is 7.24. The summed E-state index contributed by atoms with van der Waals surface area (Å²) in [5.74, 6) is 0.468. The molecule has 27 heavy (non-hydrogen) atoms. The number of nitrogens with one attached hydrogen (secondary N) is 1. The van der Waals surface area contributed by atoms with E-state index in [1.54, 1.807) is 30.8 Å². The number of carbonyl (C=O) groups is 1. The predicted octanol–water partition coefficient (Wildman–Crippen LogP) is 3.45. The van der Waals surface area contributed by atoms with Crippen LogP contribution < -0.4 is 9.62 Å². The molecular formula is C17H24N4O3S3. The second-order valence-corrected chi connectivity index (χ2v) is 10.4. The Morgan fingerprint density at radius 3 is 2.59 bits per heavy atom. The van der Waals surface area contributed by atoms with Crippen LogP contribution in [0.5, 0.6) is 0 Å². The molecule has 1 atom stereocenters. The van der Waals surface area contributed by atoms with Crippen molar-refractivity contribution in [3.8, 4) is 0 Å². The summed E-state index contributed by atoms with van der Waals surface area (Å²) in [4.78, 5) is 12.7. The van der Waals surface area contributed by atoms with Gasteiger partial charge < -0.3 is 0 Å². The standard InChI is InChI=1S/C17H24N4O3S3/c1-6-9-25-17-20-19-16(26-17)18-15(22)13(4)21(27(5,23)24)14-8-7-11(2)12(3)10-14/h7-8,10,13H,6,9H2,1-5H3,(H,18,19,22)/t13-/m1/s1. The average molecular weight is 429 g/mol. The highest BCUT2D eigenvalue weighted by Crippen LogP contribution is 2.27. The third-order valence-electron chi connectivity index (χ3n) is 3.90. The number of aryl methyl sites for hydroxylation is 2. The smallest absolute Gasteiger partial charge is 0.249 e. The summed E-state index contributed by atoms with van der Waals surface area (Å²) < 4.78 is 26.6. The summed E-state index contributed by atoms with van der Waals surface area (Å²) in [6.45, 7) is 7.48. The highest BCUT2D eigenvalue weighted by atomic mass is 32.2. The maximum absolute atomic E-state index is 12.7. The zero-order valence-electron chi connectivity index (χ0n) is 16.0. The summed E-state index contributed by atoms with van der Waals surface area (Å²) in [7, 11) is -3.66. The monoisotopic (exact) mass is 428 g/mol. The number of sulfonamides is 1. The van der Waals surface area contributed by atoms with Crippen LogP contribution in [0.3, 0.4) is 0 Å². The fourth-order valence-corrected chi connectivity index (χ4v) is 5.24. The van der Waals surface area contributed by atoms with E-state index in [0.717, 1.165) is 38.2 Å². The first kappa shape index (κ1) is 21.6. The first-order valence-corrected chi connectivity index (χ1v) is 12.1. The minimum absolute atomic E-state index is 0.360. The van der Waals surface area contributed by atoms with Crippen LogP contribution in [0, 0.1) is 13.8 Å². The molecule has 10 heteroatoms. The van der Waals surface area contributed by atoms with Gasteiger partial charge in [0.25, 0.3) is 0 Å². The van der Waals surface area contributed by atoms with Gasteiger partial charge in [-0.1, -0.05) is 36.1 Å². The summed E-state index contributed by atoms with van der Waals surface area (Å²) in [6, 6.07) is 4.38. The molecule has 0 aliphatic heterocycles. The van der Waals surface area contributed by atoms with Gasteiger partial charge in [-0.15, -0.1) is 10.2 Å². The Labute approximate surface area is 168 Å². The number of carbonyl (C=O) groups excluding carboxylic acids is 1. The van der Waals surface area contributed by atoms with Crippen molar-refractivity contribution in [2.24, 2.45) is 0 Å². The first-order chi connectivity index (χ1) is 12.6. The molecule has 0 radical (unpaired) electrons. The van der Waals surface area contributed by atoms with Gasteiger partial charge in [-0.25, -0.2) is 8.42 Å². The molecule has 0 aliphatic carbocycles. The largest absolute Gasteiger partial charge is 0.299 e. The Morgan fingerprint density at radius 1 is 1.30 bits per heavy atom. The molecule has 0 bridgehead atoms. The van der Waals surface area contributed by atoms with Gasteiger partial charge in [0, 0.05) is 5.75 Å². The molecule has 1 aromatic heterocycles. The quantitative estimate of drug-likeness (QED) is 0.511. The lowest BCUT2D eigenvalue weighted by Gasteiger charge is -2.28. The van der Waals surface area contributed by atoms with Gasteiger partial charge in [-0.05, 0) is 50.5 Å². The predicted molar refractivity (Wildman–Crippen MR) is 112 cm³/mol. The van der Waals surface area contributed by atoms with Gasteiger partial charge in [0.15, 0.2) is 4.34 Å². The Hall–Kier alpha value is -1.65. The molecule has 2 rings (SSSR count). The van der Waals surface area contributed by atoms with E-state index >= 15 is 0 Å². The number of amides is 1. The number of nitrogens with zero attached hydrogens (tertiary/aromatic N) is 3. The van der Waals surface area contributed by atoms with Gasteiger partial charge in [-0.2, -0.15) is 0 Å². The second kappa shape index (κ2) is 9.03. The van der Waals surface area contributed by atoms with Crippen LogP contribution in [0.2, 0.25) is 0 Å². The summed E-state index contributed by atoms with van der Waals surface area (Å²) >= 11 is 2.85. The molecule has 0 fully saturated rings. The number of rotatable bonds is 8. The molecule has 148 valence electrons. The van der Waals surface area contributed by atoms with Gasteiger partial charge in [0.05, 0.1) is 11.9 Å². The van der Waals surface area contributed by atoms with Crippen molar-refractivity contribution in [1.29, 1.82) is 0 Å². The van der Waals surface area contributed by atoms with E-state index in [-0.39, 0.29) is 0 Å². The highest BCUT2D eigenvalue weighted by Gasteiger charge is 2.30. The van der Waals surface area contributed by atoms with Gasteiger partial charge in [0.2, 0.25) is 21.1 Å². The number of aromatic nitrogens is 2. The maximum atomic E-state index is 12.7. The van der Waals surface area contributed by atoms with Crippen molar-refractivity contribution in [1.82, 2.24) is 10.2 Å². The van der Waals surface area contributed by atoms with Crippen molar-refractivity contribution in [3.05, 3.63) is 29.3 Å². The Balaban J connectivity index is 2.22. The molecule has 0 spiro atoms. The van der Waals surface area contributed by atoms with E-state index in [9.17, 15) is 13.2 Å². The summed E-state index contributed by atoms with van der Waals surface area (Å²) in [5, 5.41) is 11.0. The number of hydrogen-bond acceptors (Lipinski definition) is 7. The van der Waals surface area contributed by atoms with Crippen molar-refractivity contribution < 1.29 is 13.2 Å². The van der Waals surface area contributed by atoms with Crippen molar-refractivity contribution in [2.45, 2.75) is 44.5 Å². The van der Waals surface area contributed by atoms with E-state index < -0.39 is 22.0 Å². The molecule has 1 N–H and O–H groups in total. The number of anilines is 2. The van der Waals surface area contributed by atoms with Gasteiger partial charge >= 0.3 is 0 Å². The second-order valence-electron chi connectivity index (χ2n) is 6.21. The topological polar surface area (TPSA) is 92.3 Å². The van der Waals surface area contributed by atoms with Crippen LogP contribution >= 0.6 is 23.1 Å². The molecule has 0 aliphatic rings. The molecule has 1 aromatic carbocycles. The van der Waals surface area contributed by atoms with E-state index in [0.29, 0.717) is 10.8 Å². The van der Waals surface area contributed by atoms with Gasteiger partial charge in [0.1, 0.15) is 6.04 Å². The number of benzene rings is 1. The number of hydrogen-bond donors (Lipinski definition) is 1. The van der Waals surface area contributed by atoms with Crippen LogP contribution in [0.25, 0.3) is 0 Å². The molecule has 7 nitrogen and oxygen atoms in total. The molecule has 0 saturated carbocycles. The SMILES string of the molecule is CCCSc1nnc(NC(=O)[C@@H](C)N(c2ccc(C)c(C)c2)S(C)(=O)=O)s1. The average Bonchev–Trinajstić information content (AvgIpc) is 3.02. The first-order valence-electron chi connectivity index (χ1n) is 8.47. The van der Waals surface area contributed by atoms with Crippen LogP contribution in [0.15, 0.2) is 22.5 Å². The normalized spacial score (nSPS) is 12.6. The lowest BCUT2D eigenvalue weighted by molar-refractivity contribution is -0.116. The zero-order chi connectivity index (χ0) is 20.2. The molecular weight excluding hydrogens is 404 g/mol. The summed E-state index contributed by atoms with van der Waals surface area (Å²) in [6.07, 6.45) is 2.11. The van der Waals surface area contributed by atoms with E-state index in [2.05, 4.69) is 22.4 Å². The Morgan fingerprint density at radius 2 is 2.00 bits per heavy atom. The molecule has 0 saturated heterocycles. The summed E-state index contributed by atoms with van der Waals surface area (Å²) in [5.41, 5.74) is 2.46. The molecule has 0 unspecified atom stereocenters. The van der Waals surface area contributed by atoms with Crippen LogP contribution in [-0.4, -0.2) is 42.6 Å². The molecule has 2 aromatic rings. The van der Waals surface area contributed by atoms with Crippen molar-refractivity contribution >= 4 is 49.8 Å². The van der Waals surface area contributed by atoms with Crippen molar-refractivity contribution in [3.63, 3.8) is 0 Å². The fourth-order valence-electron chi connectivity index (χ4n) is 2.39. The van der Waals surface area contributed by atoms with Crippen LogP contribution in [-0.2, 0) is 14.8 Å². The van der Waals surface area contributed by atoms with E-state index in [1.807, 2.05) is 19.9 Å². The Bertz CT molecular complexity index is 912. The third-order valence-corrected chi connectivity index (χ3v) is 7.32. The van der Waals surface area contributed by atoms with E-state index in [1.165, 1.54) is 11.3 Å². The minimum atomic E-state index is -3.66. The lowest BCUT2D eigenvalue weighted by Crippen LogP contribution is -2.45. The maximum Gasteiger partial charge on any atom is 0.249 e. The van der Waals surface area contributed by atoms with Crippen LogP contribution in [0.4, 0.5) is 10.8 Å². The fraction of sp³-hybridized carbons (Fsp3) is 0.471. The lowest BCUT2D eigenvalue weighted by atomic mass is 10.1. The zero-order valence-corrected chi connectivity index (χ0v) is 18.5. The third kappa shape index (κ3) is 5.66. The highest BCUT2D eigenvalue weighted by molar-refractivity contribution is 8.01. The van der Waals surface area contributed by atoms with Crippen molar-refractivity contribution in [2.75, 3.05) is 21.6 Å². The number of thioether (sulfide) groups is 1. The minimum Gasteiger partial charge on any atom is -0.299 e. The van der Waals surface area contributed by atoms with Gasteiger partial charge in [-0.3, -0.25) is 14.4 Å². The molecule has 1 amide bonds. The van der Waals surface area contributed by atoms with E-state index in [4.69, 9.17) is 0 Å². The molecule has 1 heterocycles.